The van der Waals surface area contributed by atoms with E-state index in [-0.39, 0.29) is 17.7 Å². The van der Waals surface area contributed by atoms with Crippen molar-refractivity contribution < 1.29 is 23.1 Å². The second-order valence-electron chi connectivity index (χ2n) is 7.02. The van der Waals surface area contributed by atoms with E-state index in [1.165, 1.54) is 12.1 Å². The van der Waals surface area contributed by atoms with Gasteiger partial charge < -0.3 is 15.3 Å². The first-order chi connectivity index (χ1) is 13.3. The van der Waals surface area contributed by atoms with Crippen LogP contribution in [0.3, 0.4) is 0 Å². The molecule has 0 spiro atoms. The minimum atomic E-state index is -1.11. The number of primary amides is 1. The molecule has 8 heteroatoms. The molecular weight excluding hydrogens is 370 g/mol. The van der Waals surface area contributed by atoms with Gasteiger partial charge in [-0.25, -0.2) is 8.78 Å². The van der Waals surface area contributed by atoms with Crippen LogP contribution in [0, 0.1) is 11.6 Å². The molecule has 3 N–H and O–H groups in total. The Balaban J connectivity index is 2.01. The number of carbonyl (C=O) groups excluding carboxylic acids is 1. The molecule has 0 bridgehead atoms. The number of hydrogen-bond donors (Lipinski definition) is 2. The molecular formula is C20H22F2N2O4. The molecule has 1 aromatic heterocycles. The van der Waals surface area contributed by atoms with Crippen molar-refractivity contribution in [1.82, 2.24) is 4.90 Å². The Bertz CT molecular complexity index is 923. The lowest BCUT2D eigenvalue weighted by atomic mass is 9.91. The van der Waals surface area contributed by atoms with Crippen molar-refractivity contribution in [1.29, 1.82) is 0 Å². The van der Waals surface area contributed by atoms with Crippen LogP contribution >= 0.6 is 0 Å². The highest BCUT2D eigenvalue weighted by molar-refractivity contribution is 5.75. The molecule has 0 unspecified atom stereocenters. The molecule has 1 saturated heterocycles. The van der Waals surface area contributed by atoms with Crippen molar-refractivity contribution in [3.05, 3.63) is 63.2 Å². The average Bonchev–Trinajstić information content (AvgIpc) is 2.66. The van der Waals surface area contributed by atoms with E-state index in [1.807, 2.05) is 0 Å². The van der Waals surface area contributed by atoms with Crippen LogP contribution in [-0.4, -0.2) is 29.0 Å². The fraction of sp³-hybridized carbons (Fsp3) is 0.400. The van der Waals surface area contributed by atoms with E-state index in [9.17, 15) is 23.5 Å². The molecule has 1 amide bonds. The van der Waals surface area contributed by atoms with Crippen molar-refractivity contribution in [3.63, 3.8) is 0 Å². The molecule has 2 heterocycles. The van der Waals surface area contributed by atoms with Crippen LogP contribution in [0.1, 0.15) is 48.7 Å². The average molecular weight is 392 g/mol. The molecule has 28 heavy (non-hydrogen) atoms. The molecule has 0 aliphatic carbocycles. The first-order valence-electron chi connectivity index (χ1n) is 9.16. The van der Waals surface area contributed by atoms with Crippen LogP contribution in [0.15, 0.2) is 33.5 Å². The number of rotatable bonds is 6. The first kappa shape index (κ1) is 20.0. The number of piperidine rings is 1. The number of carbonyl (C=O) groups is 1. The number of halogens is 2. The Morgan fingerprint density at radius 3 is 2.54 bits per heavy atom. The van der Waals surface area contributed by atoms with Gasteiger partial charge in [0.15, 0.2) is 17.4 Å². The Morgan fingerprint density at radius 2 is 1.89 bits per heavy atom. The van der Waals surface area contributed by atoms with E-state index in [0.29, 0.717) is 12.3 Å². The standard InChI is InChI=1S/C20H22F2N2O4/c21-15-5-4-12(8-16(15)22)14(10-18(23)26)20-19(27)17(25)9-13(28-20)11-24-6-2-1-3-7-24/h4-5,8-9,14,27H,1-3,6-7,10-11H2,(H2,23,26)/t14-/m1/s1. The topological polar surface area (TPSA) is 96.8 Å². The lowest BCUT2D eigenvalue weighted by Gasteiger charge is -2.26. The summed E-state index contributed by atoms with van der Waals surface area (Å²) in [6.07, 6.45) is 2.91. The zero-order valence-electron chi connectivity index (χ0n) is 15.3. The van der Waals surface area contributed by atoms with Gasteiger partial charge in [0.05, 0.1) is 12.5 Å². The maximum absolute atomic E-state index is 13.7. The molecule has 1 aromatic carbocycles. The highest BCUT2D eigenvalue weighted by Gasteiger charge is 2.26. The summed E-state index contributed by atoms with van der Waals surface area (Å²) in [5, 5.41) is 10.3. The van der Waals surface area contributed by atoms with Crippen LogP contribution in [0.2, 0.25) is 0 Å². The zero-order chi connectivity index (χ0) is 20.3. The van der Waals surface area contributed by atoms with Gasteiger partial charge >= 0.3 is 0 Å². The summed E-state index contributed by atoms with van der Waals surface area (Å²) in [6, 6.07) is 4.29. The molecule has 150 valence electrons. The van der Waals surface area contributed by atoms with E-state index < -0.39 is 34.6 Å². The zero-order valence-corrected chi connectivity index (χ0v) is 15.3. The minimum Gasteiger partial charge on any atom is -0.502 e. The van der Waals surface area contributed by atoms with Gasteiger partial charge in [-0.1, -0.05) is 12.5 Å². The van der Waals surface area contributed by atoms with Gasteiger partial charge in [-0.2, -0.15) is 0 Å². The van der Waals surface area contributed by atoms with Gasteiger partial charge in [0.25, 0.3) is 0 Å². The van der Waals surface area contributed by atoms with Gasteiger partial charge in [0, 0.05) is 12.5 Å². The van der Waals surface area contributed by atoms with Crippen LogP contribution in [-0.2, 0) is 11.3 Å². The molecule has 1 aliphatic rings. The summed E-state index contributed by atoms with van der Waals surface area (Å²) in [5.41, 5.74) is 4.81. The van der Waals surface area contributed by atoms with Crippen molar-refractivity contribution in [3.8, 4) is 5.75 Å². The predicted octanol–water partition coefficient (Wildman–Crippen LogP) is 2.62. The first-order valence-corrected chi connectivity index (χ1v) is 9.16. The Labute approximate surface area is 160 Å². The quantitative estimate of drug-likeness (QED) is 0.788. The fourth-order valence-corrected chi connectivity index (χ4v) is 3.50. The van der Waals surface area contributed by atoms with Crippen molar-refractivity contribution in [2.45, 2.75) is 38.1 Å². The van der Waals surface area contributed by atoms with Crippen molar-refractivity contribution in [2.75, 3.05) is 13.1 Å². The third-order valence-corrected chi connectivity index (χ3v) is 4.90. The number of nitrogens with zero attached hydrogens (tertiary/aromatic N) is 1. The molecule has 1 fully saturated rings. The fourth-order valence-electron chi connectivity index (χ4n) is 3.50. The molecule has 0 saturated carbocycles. The van der Waals surface area contributed by atoms with Crippen LogP contribution in [0.4, 0.5) is 8.78 Å². The van der Waals surface area contributed by atoms with Gasteiger partial charge in [-0.05, 0) is 43.6 Å². The number of aromatic hydroxyl groups is 1. The number of benzene rings is 1. The van der Waals surface area contributed by atoms with Crippen molar-refractivity contribution in [2.24, 2.45) is 5.73 Å². The highest BCUT2D eigenvalue weighted by Crippen LogP contribution is 2.33. The van der Waals surface area contributed by atoms with Crippen LogP contribution in [0.25, 0.3) is 0 Å². The number of likely N-dealkylation sites (tertiary alicyclic amines) is 1. The molecule has 1 atom stereocenters. The highest BCUT2D eigenvalue weighted by atomic mass is 19.2. The lowest BCUT2D eigenvalue weighted by molar-refractivity contribution is -0.118. The van der Waals surface area contributed by atoms with Gasteiger partial charge in [-0.3, -0.25) is 14.5 Å². The molecule has 2 aromatic rings. The normalized spacial score (nSPS) is 16.1. The molecule has 6 nitrogen and oxygen atoms in total. The monoisotopic (exact) mass is 392 g/mol. The lowest BCUT2D eigenvalue weighted by Crippen LogP contribution is -2.29. The maximum Gasteiger partial charge on any atom is 0.227 e. The van der Waals surface area contributed by atoms with E-state index >= 15 is 0 Å². The number of hydrogen-bond acceptors (Lipinski definition) is 5. The molecule has 1 aliphatic heterocycles. The molecule has 0 radical (unpaired) electrons. The summed E-state index contributed by atoms with van der Waals surface area (Å²) < 4.78 is 32.8. The van der Waals surface area contributed by atoms with Crippen LogP contribution < -0.4 is 11.2 Å². The summed E-state index contributed by atoms with van der Waals surface area (Å²) in [4.78, 5) is 25.9. The second-order valence-corrected chi connectivity index (χ2v) is 7.02. The van der Waals surface area contributed by atoms with E-state index in [2.05, 4.69) is 4.90 Å². The van der Waals surface area contributed by atoms with Crippen LogP contribution in [0.5, 0.6) is 5.75 Å². The van der Waals surface area contributed by atoms with Gasteiger partial charge in [0.1, 0.15) is 5.76 Å². The largest absolute Gasteiger partial charge is 0.502 e. The summed E-state index contributed by atoms with van der Waals surface area (Å²) in [7, 11) is 0. The molecule has 3 rings (SSSR count). The third-order valence-electron chi connectivity index (χ3n) is 4.90. The second kappa shape index (κ2) is 8.52. The predicted molar refractivity (Wildman–Crippen MR) is 97.8 cm³/mol. The SMILES string of the molecule is NC(=O)C[C@H](c1ccc(F)c(F)c1)c1oc(CN2CCCCC2)cc(=O)c1O. The Morgan fingerprint density at radius 1 is 1.18 bits per heavy atom. The minimum absolute atomic E-state index is 0.172. The number of amides is 1. The Kier molecular flexibility index (Phi) is 6.08. The van der Waals surface area contributed by atoms with Gasteiger partial charge in [0.2, 0.25) is 17.1 Å². The van der Waals surface area contributed by atoms with Crippen molar-refractivity contribution >= 4 is 5.91 Å². The summed E-state index contributed by atoms with van der Waals surface area (Å²) in [5.74, 6) is -4.43. The van der Waals surface area contributed by atoms with Gasteiger partial charge in [-0.15, -0.1) is 0 Å². The third kappa shape index (κ3) is 4.56. The van der Waals surface area contributed by atoms with E-state index in [0.717, 1.165) is 44.5 Å². The maximum atomic E-state index is 13.7. The Hall–Kier alpha value is -2.74. The van der Waals surface area contributed by atoms with E-state index in [4.69, 9.17) is 10.2 Å². The summed E-state index contributed by atoms with van der Waals surface area (Å²) >= 11 is 0. The smallest absolute Gasteiger partial charge is 0.227 e. The van der Waals surface area contributed by atoms with E-state index in [1.54, 1.807) is 0 Å². The summed E-state index contributed by atoms with van der Waals surface area (Å²) in [6.45, 7) is 2.12. The number of nitrogens with two attached hydrogens (primary N) is 1.